The molecule has 0 N–H and O–H groups in total. The Bertz CT molecular complexity index is 342. The van der Waals surface area contributed by atoms with E-state index in [4.69, 9.17) is 0 Å². The summed E-state index contributed by atoms with van der Waals surface area (Å²) >= 11 is 1.95. The first-order chi connectivity index (χ1) is 8.75. The van der Waals surface area contributed by atoms with Gasteiger partial charge in [0, 0.05) is 29.8 Å². The average molecular weight is 264 g/mol. The van der Waals surface area contributed by atoms with Crippen molar-refractivity contribution in [3.63, 3.8) is 0 Å². The number of likely N-dealkylation sites (tertiary alicyclic amines) is 1. The largest absolute Gasteiger partial charge is 0.304 e. The third-order valence-corrected chi connectivity index (χ3v) is 4.67. The van der Waals surface area contributed by atoms with Gasteiger partial charge >= 0.3 is 0 Å². The SMILES string of the molecule is CN(CCSc1ccccc1)C[C@H]1CCCN1C. The Morgan fingerprint density at radius 2 is 2.11 bits per heavy atom. The molecule has 2 nitrogen and oxygen atoms in total. The molecule has 0 unspecified atom stereocenters. The lowest BCUT2D eigenvalue weighted by molar-refractivity contribution is 0.227. The molecule has 1 fully saturated rings. The van der Waals surface area contributed by atoms with Crippen LogP contribution in [0.5, 0.6) is 0 Å². The second-order valence-electron chi connectivity index (χ2n) is 5.20. The molecule has 1 aliphatic rings. The summed E-state index contributed by atoms with van der Waals surface area (Å²) in [7, 11) is 4.50. The van der Waals surface area contributed by atoms with Gasteiger partial charge in [-0.15, -0.1) is 11.8 Å². The highest BCUT2D eigenvalue weighted by Crippen LogP contribution is 2.18. The maximum atomic E-state index is 2.50. The predicted molar refractivity (Wildman–Crippen MR) is 80.3 cm³/mol. The maximum absolute atomic E-state index is 2.50. The normalized spacial score (nSPS) is 20.7. The number of likely N-dealkylation sites (N-methyl/N-ethyl adjacent to an activating group) is 2. The summed E-state index contributed by atoms with van der Waals surface area (Å²) in [5, 5.41) is 0. The van der Waals surface area contributed by atoms with Crippen molar-refractivity contribution < 1.29 is 0 Å². The van der Waals surface area contributed by atoms with Gasteiger partial charge in [-0.3, -0.25) is 0 Å². The summed E-state index contributed by atoms with van der Waals surface area (Å²) in [6, 6.07) is 11.5. The molecule has 2 rings (SSSR count). The molecule has 1 atom stereocenters. The molecule has 0 amide bonds. The summed E-state index contributed by atoms with van der Waals surface area (Å²) in [5.74, 6) is 1.18. The van der Waals surface area contributed by atoms with Crippen molar-refractivity contribution in [2.24, 2.45) is 0 Å². The van der Waals surface area contributed by atoms with E-state index >= 15 is 0 Å². The lowest BCUT2D eigenvalue weighted by atomic mass is 10.2. The van der Waals surface area contributed by atoms with E-state index in [-0.39, 0.29) is 0 Å². The van der Waals surface area contributed by atoms with Gasteiger partial charge in [-0.05, 0) is 45.6 Å². The topological polar surface area (TPSA) is 6.48 Å². The molecule has 1 saturated heterocycles. The monoisotopic (exact) mass is 264 g/mol. The molecule has 1 heterocycles. The lowest BCUT2D eigenvalue weighted by Gasteiger charge is -2.25. The van der Waals surface area contributed by atoms with Crippen LogP contribution in [0, 0.1) is 0 Å². The Morgan fingerprint density at radius 3 is 2.78 bits per heavy atom. The van der Waals surface area contributed by atoms with Crippen LogP contribution in [0.2, 0.25) is 0 Å². The van der Waals surface area contributed by atoms with Crippen molar-refractivity contribution in [2.45, 2.75) is 23.8 Å². The Balaban J connectivity index is 1.64. The standard InChI is InChI=1S/C15H24N2S/c1-16(13-14-7-6-10-17(14)2)11-12-18-15-8-4-3-5-9-15/h3-5,8-9,14H,6-7,10-13H2,1-2H3/t14-/m1/s1. The van der Waals surface area contributed by atoms with Crippen LogP contribution in [-0.4, -0.2) is 55.3 Å². The van der Waals surface area contributed by atoms with Crippen molar-refractivity contribution in [3.8, 4) is 0 Å². The van der Waals surface area contributed by atoms with Gasteiger partial charge in [-0.1, -0.05) is 18.2 Å². The molecular weight excluding hydrogens is 240 g/mol. The predicted octanol–water partition coefficient (Wildman–Crippen LogP) is 2.80. The molecule has 1 aliphatic heterocycles. The fourth-order valence-corrected chi connectivity index (χ4v) is 3.49. The van der Waals surface area contributed by atoms with E-state index in [0.29, 0.717) is 0 Å². The van der Waals surface area contributed by atoms with Crippen molar-refractivity contribution in [2.75, 3.05) is 39.5 Å². The molecule has 0 bridgehead atoms. The zero-order valence-corrected chi connectivity index (χ0v) is 12.3. The highest BCUT2D eigenvalue weighted by atomic mass is 32.2. The summed E-state index contributed by atoms with van der Waals surface area (Å²) < 4.78 is 0. The van der Waals surface area contributed by atoms with E-state index in [1.165, 1.54) is 43.1 Å². The zero-order valence-electron chi connectivity index (χ0n) is 11.5. The molecule has 0 aliphatic carbocycles. The zero-order chi connectivity index (χ0) is 12.8. The number of hydrogen-bond donors (Lipinski definition) is 0. The van der Waals surface area contributed by atoms with Crippen LogP contribution in [0.4, 0.5) is 0 Å². The first kappa shape index (κ1) is 13.9. The molecule has 1 aromatic rings. The Kier molecular flexibility index (Phi) is 5.54. The second kappa shape index (κ2) is 7.17. The Hall–Kier alpha value is -0.510. The van der Waals surface area contributed by atoms with Gasteiger partial charge in [0.1, 0.15) is 0 Å². The molecule has 0 saturated carbocycles. The van der Waals surface area contributed by atoms with Crippen molar-refractivity contribution >= 4 is 11.8 Å². The van der Waals surface area contributed by atoms with Gasteiger partial charge in [0.15, 0.2) is 0 Å². The number of benzene rings is 1. The van der Waals surface area contributed by atoms with Crippen molar-refractivity contribution in [1.29, 1.82) is 0 Å². The molecule has 100 valence electrons. The molecular formula is C15H24N2S. The van der Waals surface area contributed by atoms with Crippen LogP contribution in [0.15, 0.2) is 35.2 Å². The third-order valence-electron chi connectivity index (χ3n) is 3.68. The van der Waals surface area contributed by atoms with E-state index < -0.39 is 0 Å². The van der Waals surface area contributed by atoms with Gasteiger partial charge in [0.05, 0.1) is 0 Å². The van der Waals surface area contributed by atoms with Crippen LogP contribution in [0.1, 0.15) is 12.8 Å². The fourth-order valence-electron chi connectivity index (χ4n) is 2.50. The molecule has 0 spiro atoms. The first-order valence-electron chi connectivity index (χ1n) is 6.82. The third kappa shape index (κ3) is 4.30. The van der Waals surface area contributed by atoms with Crippen LogP contribution >= 0.6 is 11.8 Å². The van der Waals surface area contributed by atoms with E-state index in [9.17, 15) is 0 Å². The van der Waals surface area contributed by atoms with E-state index in [1.54, 1.807) is 0 Å². The first-order valence-corrected chi connectivity index (χ1v) is 7.81. The minimum atomic E-state index is 0.775. The van der Waals surface area contributed by atoms with E-state index in [2.05, 4.69) is 54.2 Å². The van der Waals surface area contributed by atoms with Gasteiger partial charge in [-0.25, -0.2) is 0 Å². The minimum Gasteiger partial charge on any atom is -0.304 e. The minimum absolute atomic E-state index is 0.775. The van der Waals surface area contributed by atoms with Gasteiger partial charge in [-0.2, -0.15) is 0 Å². The summed E-state index contributed by atoms with van der Waals surface area (Å²) in [5.41, 5.74) is 0. The van der Waals surface area contributed by atoms with Crippen LogP contribution in [-0.2, 0) is 0 Å². The lowest BCUT2D eigenvalue weighted by Crippen LogP contribution is -2.37. The second-order valence-corrected chi connectivity index (χ2v) is 6.37. The van der Waals surface area contributed by atoms with E-state index in [0.717, 1.165) is 6.04 Å². The van der Waals surface area contributed by atoms with Crippen molar-refractivity contribution in [3.05, 3.63) is 30.3 Å². The van der Waals surface area contributed by atoms with Gasteiger partial charge in [0.25, 0.3) is 0 Å². The summed E-state index contributed by atoms with van der Waals surface area (Å²) in [6.45, 7) is 3.66. The molecule has 18 heavy (non-hydrogen) atoms. The van der Waals surface area contributed by atoms with Gasteiger partial charge < -0.3 is 9.80 Å². The fraction of sp³-hybridized carbons (Fsp3) is 0.600. The highest BCUT2D eigenvalue weighted by Gasteiger charge is 2.21. The Labute approximate surface area is 115 Å². The Morgan fingerprint density at radius 1 is 1.33 bits per heavy atom. The van der Waals surface area contributed by atoms with E-state index in [1.807, 2.05) is 11.8 Å². The highest BCUT2D eigenvalue weighted by molar-refractivity contribution is 7.99. The molecule has 3 heteroatoms. The average Bonchev–Trinajstić information content (AvgIpc) is 2.76. The smallest absolute Gasteiger partial charge is 0.0220 e. The van der Waals surface area contributed by atoms with Crippen LogP contribution in [0.25, 0.3) is 0 Å². The number of hydrogen-bond acceptors (Lipinski definition) is 3. The summed E-state index contributed by atoms with van der Waals surface area (Å²) in [4.78, 5) is 6.35. The molecule has 0 radical (unpaired) electrons. The number of nitrogens with zero attached hydrogens (tertiary/aromatic N) is 2. The molecule has 0 aromatic heterocycles. The number of rotatable bonds is 6. The van der Waals surface area contributed by atoms with Crippen molar-refractivity contribution in [1.82, 2.24) is 9.80 Å². The van der Waals surface area contributed by atoms with Crippen LogP contribution < -0.4 is 0 Å². The summed E-state index contributed by atoms with van der Waals surface area (Å²) in [6.07, 6.45) is 2.74. The molecule has 1 aromatic carbocycles. The number of thioether (sulfide) groups is 1. The van der Waals surface area contributed by atoms with Crippen LogP contribution in [0.3, 0.4) is 0 Å². The van der Waals surface area contributed by atoms with Gasteiger partial charge in [0.2, 0.25) is 0 Å². The maximum Gasteiger partial charge on any atom is 0.0220 e. The quantitative estimate of drug-likeness (QED) is 0.730.